The molecule has 1 atom stereocenters. The summed E-state index contributed by atoms with van der Waals surface area (Å²) >= 11 is 9.84. The molecular formula is C16H23BrClN. The summed E-state index contributed by atoms with van der Waals surface area (Å²) in [6.45, 7) is 6.85. The van der Waals surface area contributed by atoms with Crippen molar-refractivity contribution < 1.29 is 0 Å². The molecule has 0 aliphatic heterocycles. The van der Waals surface area contributed by atoms with Crippen LogP contribution in [0.1, 0.15) is 50.6 Å². The molecule has 0 aromatic heterocycles. The number of nitrogens with one attached hydrogen (secondary N) is 1. The molecule has 0 fully saturated rings. The molecule has 0 amide bonds. The van der Waals surface area contributed by atoms with Crippen molar-refractivity contribution in [3.8, 4) is 0 Å². The number of rotatable bonds is 9. The highest BCUT2D eigenvalue weighted by Gasteiger charge is 2.13. The molecule has 1 aromatic carbocycles. The van der Waals surface area contributed by atoms with Crippen molar-refractivity contribution in [2.45, 2.75) is 45.1 Å². The van der Waals surface area contributed by atoms with Crippen molar-refractivity contribution in [3.05, 3.63) is 45.9 Å². The summed E-state index contributed by atoms with van der Waals surface area (Å²) in [5, 5.41) is 4.38. The van der Waals surface area contributed by atoms with Gasteiger partial charge in [0.2, 0.25) is 0 Å². The van der Waals surface area contributed by atoms with Crippen molar-refractivity contribution in [1.29, 1.82) is 0 Å². The first-order valence-electron chi connectivity index (χ1n) is 6.98. The molecule has 0 saturated heterocycles. The van der Waals surface area contributed by atoms with E-state index < -0.39 is 0 Å². The Morgan fingerprint density at radius 3 is 2.84 bits per heavy atom. The zero-order valence-electron chi connectivity index (χ0n) is 11.6. The molecule has 1 rings (SSSR count). The second-order valence-corrected chi connectivity index (χ2v) is 6.03. The first-order chi connectivity index (χ1) is 9.19. The van der Waals surface area contributed by atoms with Gasteiger partial charge in [0, 0.05) is 15.5 Å². The molecule has 0 aliphatic carbocycles. The predicted molar refractivity (Wildman–Crippen MR) is 88.9 cm³/mol. The van der Waals surface area contributed by atoms with E-state index in [4.69, 9.17) is 11.6 Å². The van der Waals surface area contributed by atoms with E-state index in [1.54, 1.807) is 0 Å². The molecule has 0 heterocycles. The van der Waals surface area contributed by atoms with Gasteiger partial charge in [0.05, 0.1) is 0 Å². The predicted octanol–water partition coefficient (Wildman–Crippen LogP) is 5.89. The van der Waals surface area contributed by atoms with Gasteiger partial charge in [0.15, 0.2) is 0 Å². The average molecular weight is 345 g/mol. The van der Waals surface area contributed by atoms with Gasteiger partial charge in [-0.15, -0.1) is 6.58 Å². The fraction of sp³-hybridized carbons (Fsp3) is 0.500. The third kappa shape index (κ3) is 6.11. The molecule has 0 bridgehead atoms. The molecule has 1 nitrogen and oxygen atoms in total. The van der Waals surface area contributed by atoms with Gasteiger partial charge in [-0.05, 0) is 49.6 Å². The van der Waals surface area contributed by atoms with Gasteiger partial charge in [-0.3, -0.25) is 0 Å². The van der Waals surface area contributed by atoms with Crippen molar-refractivity contribution in [1.82, 2.24) is 5.32 Å². The van der Waals surface area contributed by atoms with Crippen LogP contribution in [-0.4, -0.2) is 6.54 Å². The van der Waals surface area contributed by atoms with Crippen LogP contribution in [0.5, 0.6) is 0 Å². The average Bonchev–Trinajstić information content (AvgIpc) is 2.40. The molecule has 0 radical (unpaired) electrons. The Labute approximate surface area is 130 Å². The minimum Gasteiger partial charge on any atom is -0.310 e. The lowest BCUT2D eigenvalue weighted by molar-refractivity contribution is 0.483. The van der Waals surface area contributed by atoms with Gasteiger partial charge in [-0.2, -0.15) is 0 Å². The van der Waals surface area contributed by atoms with E-state index in [-0.39, 0.29) is 0 Å². The molecule has 0 spiro atoms. The Morgan fingerprint density at radius 2 is 2.16 bits per heavy atom. The minimum absolute atomic E-state index is 0.346. The van der Waals surface area contributed by atoms with E-state index >= 15 is 0 Å². The molecule has 0 saturated carbocycles. The normalized spacial score (nSPS) is 12.4. The maximum atomic E-state index is 6.32. The lowest BCUT2D eigenvalue weighted by Gasteiger charge is -2.20. The Morgan fingerprint density at radius 1 is 1.37 bits per heavy atom. The van der Waals surface area contributed by atoms with E-state index in [1.807, 2.05) is 18.2 Å². The number of halogens is 2. The number of benzene rings is 1. The minimum atomic E-state index is 0.346. The molecule has 1 aromatic rings. The van der Waals surface area contributed by atoms with E-state index in [9.17, 15) is 0 Å². The van der Waals surface area contributed by atoms with E-state index in [0.717, 1.165) is 28.9 Å². The van der Waals surface area contributed by atoms with Crippen LogP contribution in [0.2, 0.25) is 5.02 Å². The van der Waals surface area contributed by atoms with Gasteiger partial charge in [-0.25, -0.2) is 0 Å². The fourth-order valence-corrected chi connectivity index (χ4v) is 2.84. The fourth-order valence-electron chi connectivity index (χ4n) is 2.21. The van der Waals surface area contributed by atoms with E-state index in [0.29, 0.717) is 6.04 Å². The molecule has 0 aliphatic rings. The number of unbranched alkanes of at least 4 members (excludes halogenated alkanes) is 3. The van der Waals surface area contributed by atoms with Crippen LogP contribution in [0, 0.1) is 0 Å². The van der Waals surface area contributed by atoms with Crippen molar-refractivity contribution in [2.24, 2.45) is 0 Å². The highest BCUT2D eigenvalue weighted by Crippen LogP contribution is 2.29. The molecule has 1 unspecified atom stereocenters. The first kappa shape index (κ1) is 16.7. The van der Waals surface area contributed by atoms with Crippen LogP contribution in [0.4, 0.5) is 0 Å². The standard InChI is InChI=1S/C16H23BrClN/c1-3-5-6-7-8-9-16(19-4-2)14-12-13(17)10-11-15(14)18/h3,10-12,16,19H,1,4-9H2,2H3. The smallest absolute Gasteiger partial charge is 0.0454 e. The van der Waals surface area contributed by atoms with Gasteiger partial charge in [0.25, 0.3) is 0 Å². The van der Waals surface area contributed by atoms with Crippen LogP contribution in [0.3, 0.4) is 0 Å². The van der Waals surface area contributed by atoms with Gasteiger partial charge >= 0.3 is 0 Å². The van der Waals surface area contributed by atoms with Crippen LogP contribution in [-0.2, 0) is 0 Å². The maximum absolute atomic E-state index is 6.32. The Kier molecular flexibility index (Phi) is 8.43. The lowest BCUT2D eigenvalue weighted by Crippen LogP contribution is -2.21. The molecule has 3 heteroatoms. The summed E-state index contributed by atoms with van der Waals surface area (Å²) in [5.74, 6) is 0. The summed E-state index contributed by atoms with van der Waals surface area (Å²) in [7, 11) is 0. The monoisotopic (exact) mass is 343 g/mol. The number of allylic oxidation sites excluding steroid dienone is 1. The SMILES string of the molecule is C=CCCCCCC(NCC)c1cc(Br)ccc1Cl. The van der Waals surface area contributed by atoms with Crippen molar-refractivity contribution >= 4 is 27.5 Å². The Balaban J connectivity index is 2.60. The topological polar surface area (TPSA) is 12.0 Å². The third-order valence-electron chi connectivity index (χ3n) is 3.19. The molecule has 19 heavy (non-hydrogen) atoms. The molecule has 1 N–H and O–H groups in total. The quantitative estimate of drug-likeness (QED) is 0.435. The van der Waals surface area contributed by atoms with E-state index in [1.165, 1.54) is 24.8 Å². The van der Waals surface area contributed by atoms with Gasteiger partial charge < -0.3 is 5.32 Å². The maximum Gasteiger partial charge on any atom is 0.0454 e. The highest BCUT2D eigenvalue weighted by atomic mass is 79.9. The number of hydrogen-bond donors (Lipinski definition) is 1. The molecular weight excluding hydrogens is 322 g/mol. The summed E-state index contributed by atoms with van der Waals surface area (Å²) in [5.41, 5.74) is 1.20. The largest absolute Gasteiger partial charge is 0.310 e. The second-order valence-electron chi connectivity index (χ2n) is 4.70. The van der Waals surface area contributed by atoms with E-state index in [2.05, 4.69) is 40.8 Å². The summed E-state index contributed by atoms with van der Waals surface area (Å²) in [4.78, 5) is 0. The van der Waals surface area contributed by atoms with Crippen molar-refractivity contribution in [2.75, 3.05) is 6.54 Å². The zero-order chi connectivity index (χ0) is 14.1. The summed E-state index contributed by atoms with van der Waals surface area (Å²) < 4.78 is 1.08. The summed E-state index contributed by atoms with van der Waals surface area (Å²) in [6, 6.07) is 6.42. The lowest BCUT2D eigenvalue weighted by atomic mass is 10.00. The summed E-state index contributed by atoms with van der Waals surface area (Å²) in [6.07, 6.45) is 7.93. The Bertz CT molecular complexity index is 392. The highest BCUT2D eigenvalue weighted by molar-refractivity contribution is 9.10. The van der Waals surface area contributed by atoms with Crippen LogP contribution >= 0.6 is 27.5 Å². The zero-order valence-corrected chi connectivity index (χ0v) is 13.9. The second kappa shape index (κ2) is 9.57. The van der Waals surface area contributed by atoms with Crippen LogP contribution in [0.15, 0.2) is 35.3 Å². The van der Waals surface area contributed by atoms with Crippen molar-refractivity contribution in [3.63, 3.8) is 0 Å². The van der Waals surface area contributed by atoms with Gasteiger partial charge in [-0.1, -0.05) is 53.4 Å². The van der Waals surface area contributed by atoms with Gasteiger partial charge in [0.1, 0.15) is 0 Å². The number of hydrogen-bond acceptors (Lipinski definition) is 1. The first-order valence-corrected chi connectivity index (χ1v) is 8.15. The van der Waals surface area contributed by atoms with Crippen LogP contribution < -0.4 is 5.32 Å². The molecule has 106 valence electrons. The third-order valence-corrected chi connectivity index (χ3v) is 4.02. The Hall–Kier alpha value is -0.310. The van der Waals surface area contributed by atoms with Crippen LogP contribution in [0.25, 0.3) is 0 Å².